The first-order chi connectivity index (χ1) is 10.1. The van der Waals surface area contributed by atoms with Crippen LogP contribution in [0.15, 0.2) is 18.2 Å². The van der Waals surface area contributed by atoms with E-state index in [9.17, 15) is 10.1 Å². The van der Waals surface area contributed by atoms with Gasteiger partial charge in [0.15, 0.2) is 0 Å². The van der Waals surface area contributed by atoms with Gasteiger partial charge in [0.25, 0.3) is 5.69 Å². The van der Waals surface area contributed by atoms with Crippen molar-refractivity contribution in [1.82, 2.24) is 0 Å². The Bertz CT molecular complexity index is 496. The molecule has 0 saturated heterocycles. The summed E-state index contributed by atoms with van der Waals surface area (Å²) in [6, 6.07) is 5.30. The summed E-state index contributed by atoms with van der Waals surface area (Å²) in [5.41, 5.74) is 0.848. The van der Waals surface area contributed by atoms with E-state index in [-0.39, 0.29) is 10.6 Å². The second-order valence-corrected chi connectivity index (χ2v) is 6.71. The Balaban J connectivity index is 2.07. The van der Waals surface area contributed by atoms with Crippen LogP contribution in [0, 0.1) is 10.1 Å². The highest BCUT2D eigenvalue weighted by Gasteiger charge is 2.25. The third kappa shape index (κ3) is 4.52. The average Bonchev–Trinajstić information content (AvgIpc) is 2.86. The Kier molecular flexibility index (Phi) is 5.73. The number of thioether (sulfide) groups is 1. The summed E-state index contributed by atoms with van der Waals surface area (Å²) in [4.78, 5) is 10.6. The first-order valence-corrected chi connectivity index (χ1v) is 8.47. The minimum absolute atomic E-state index is 0.0703. The Morgan fingerprint density at radius 2 is 2.19 bits per heavy atom. The quantitative estimate of drug-likeness (QED) is 0.607. The number of anilines is 1. The van der Waals surface area contributed by atoms with Crippen molar-refractivity contribution in [3.8, 4) is 5.75 Å². The maximum atomic E-state index is 11.0. The number of nitro benzene ring substituents is 1. The van der Waals surface area contributed by atoms with Crippen LogP contribution in [-0.4, -0.2) is 28.6 Å². The zero-order valence-electron chi connectivity index (χ0n) is 12.5. The largest absolute Gasteiger partial charge is 0.494 e. The molecule has 0 aliphatic heterocycles. The molecule has 1 fully saturated rings. The second-order valence-electron chi connectivity index (χ2n) is 5.14. The molecule has 2 unspecified atom stereocenters. The fraction of sp³-hybridized carbons (Fsp3) is 0.600. The third-order valence-electron chi connectivity index (χ3n) is 3.57. The maximum absolute atomic E-state index is 11.0. The van der Waals surface area contributed by atoms with Crippen LogP contribution < -0.4 is 10.1 Å². The van der Waals surface area contributed by atoms with E-state index in [0.717, 1.165) is 24.3 Å². The van der Waals surface area contributed by atoms with Crippen LogP contribution in [0.1, 0.15) is 33.1 Å². The average molecular weight is 310 g/mol. The number of benzene rings is 1. The molecule has 21 heavy (non-hydrogen) atoms. The Hall–Kier alpha value is -1.43. The van der Waals surface area contributed by atoms with Gasteiger partial charge in [-0.1, -0.05) is 6.92 Å². The van der Waals surface area contributed by atoms with Crippen LogP contribution in [0.25, 0.3) is 0 Å². The van der Waals surface area contributed by atoms with Crippen molar-refractivity contribution in [1.29, 1.82) is 0 Å². The Labute approximate surface area is 129 Å². The number of hydrogen-bond acceptors (Lipinski definition) is 5. The van der Waals surface area contributed by atoms with Gasteiger partial charge in [-0.15, -0.1) is 0 Å². The molecule has 0 spiro atoms. The number of non-ortho nitro benzene ring substituents is 1. The predicted molar refractivity (Wildman–Crippen MR) is 87.4 cm³/mol. The summed E-state index contributed by atoms with van der Waals surface area (Å²) >= 11 is 2.00. The van der Waals surface area contributed by atoms with Crippen molar-refractivity contribution < 1.29 is 9.66 Å². The summed E-state index contributed by atoms with van der Waals surface area (Å²) in [7, 11) is 0. The fourth-order valence-corrected chi connectivity index (χ4v) is 3.86. The van der Waals surface area contributed by atoms with Crippen molar-refractivity contribution in [2.24, 2.45) is 0 Å². The highest BCUT2D eigenvalue weighted by Crippen LogP contribution is 2.33. The van der Waals surface area contributed by atoms with Crippen LogP contribution >= 0.6 is 11.8 Å². The van der Waals surface area contributed by atoms with Crippen molar-refractivity contribution in [2.45, 2.75) is 44.4 Å². The molecule has 1 aromatic rings. The van der Waals surface area contributed by atoms with E-state index in [2.05, 4.69) is 12.2 Å². The minimum Gasteiger partial charge on any atom is -0.494 e. The molecule has 1 aliphatic carbocycles. The normalized spacial score (nSPS) is 21.2. The molecule has 0 amide bonds. The van der Waals surface area contributed by atoms with Crippen LogP contribution in [0.3, 0.4) is 0 Å². The molecule has 1 aliphatic rings. The zero-order chi connectivity index (χ0) is 15.2. The number of hydrogen-bond donors (Lipinski definition) is 1. The Morgan fingerprint density at radius 3 is 2.86 bits per heavy atom. The molecular formula is C15H22N2O3S. The number of nitrogens with zero attached hydrogens (tertiary/aromatic N) is 1. The number of nitrogens with one attached hydrogen (secondary N) is 1. The molecule has 0 radical (unpaired) electrons. The number of ether oxygens (including phenoxy) is 1. The lowest BCUT2D eigenvalue weighted by Gasteiger charge is -2.15. The smallest absolute Gasteiger partial charge is 0.275 e. The molecule has 1 saturated carbocycles. The molecule has 2 atom stereocenters. The number of rotatable bonds is 7. The zero-order valence-corrected chi connectivity index (χ0v) is 13.3. The van der Waals surface area contributed by atoms with E-state index in [4.69, 9.17) is 4.74 Å². The molecule has 1 N–H and O–H groups in total. The summed E-state index contributed by atoms with van der Waals surface area (Å²) in [5.74, 6) is 1.69. The van der Waals surface area contributed by atoms with Gasteiger partial charge in [0, 0.05) is 29.1 Å². The Morgan fingerprint density at radius 1 is 1.38 bits per heavy atom. The first-order valence-electron chi connectivity index (χ1n) is 7.42. The molecule has 5 nitrogen and oxygen atoms in total. The SMILES string of the molecule is CCOc1cc(NC2CCC(SCC)C2)cc([N+](=O)[O-])c1. The topological polar surface area (TPSA) is 64.4 Å². The minimum atomic E-state index is -0.377. The van der Waals surface area contributed by atoms with Gasteiger partial charge in [-0.2, -0.15) is 11.8 Å². The van der Waals surface area contributed by atoms with Gasteiger partial charge in [0.2, 0.25) is 0 Å². The van der Waals surface area contributed by atoms with Crippen LogP contribution in [0.2, 0.25) is 0 Å². The molecule has 0 aromatic heterocycles. The third-order valence-corrected chi connectivity index (χ3v) is 4.80. The summed E-state index contributed by atoms with van der Waals surface area (Å²) in [6.45, 7) is 4.55. The van der Waals surface area contributed by atoms with E-state index < -0.39 is 0 Å². The molecule has 116 valence electrons. The van der Waals surface area contributed by atoms with Gasteiger partial charge in [0.1, 0.15) is 5.75 Å². The van der Waals surface area contributed by atoms with Crippen LogP contribution in [0.5, 0.6) is 5.75 Å². The van der Waals surface area contributed by atoms with Gasteiger partial charge in [-0.05, 0) is 31.9 Å². The summed E-state index contributed by atoms with van der Waals surface area (Å²) in [5, 5.41) is 15.1. The van der Waals surface area contributed by atoms with Crippen molar-refractivity contribution >= 4 is 23.1 Å². The molecule has 6 heteroatoms. The summed E-state index contributed by atoms with van der Waals surface area (Å²) < 4.78 is 5.41. The van der Waals surface area contributed by atoms with E-state index >= 15 is 0 Å². The molecule has 0 bridgehead atoms. The first kappa shape index (κ1) is 15.9. The van der Waals surface area contributed by atoms with Crippen LogP contribution in [0.4, 0.5) is 11.4 Å². The lowest BCUT2D eigenvalue weighted by molar-refractivity contribution is -0.384. The van der Waals surface area contributed by atoms with Crippen molar-refractivity contribution in [3.05, 3.63) is 28.3 Å². The van der Waals surface area contributed by atoms with Crippen LogP contribution in [-0.2, 0) is 0 Å². The lowest BCUT2D eigenvalue weighted by Crippen LogP contribution is -2.16. The van der Waals surface area contributed by atoms with E-state index in [1.165, 1.54) is 12.5 Å². The van der Waals surface area contributed by atoms with Crippen molar-refractivity contribution in [3.63, 3.8) is 0 Å². The van der Waals surface area contributed by atoms with E-state index in [1.807, 2.05) is 24.8 Å². The fourth-order valence-electron chi connectivity index (χ4n) is 2.72. The lowest BCUT2D eigenvalue weighted by atomic mass is 10.2. The highest BCUT2D eigenvalue weighted by atomic mass is 32.2. The molecule has 0 heterocycles. The molecular weight excluding hydrogens is 288 g/mol. The van der Waals surface area contributed by atoms with Gasteiger partial charge in [-0.25, -0.2) is 0 Å². The highest BCUT2D eigenvalue weighted by molar-refractivity contribution is 7.99. The monoisotopic (exact) mass is 310 g/mol. The number of nitro groups is 1. The predicted octanol–water partition coefficient (Wildman–Crippen LogP) is 4.08. The summed E-state index contributed by atoms with van der Waals surface area (Å²) in [6.07, 6.45) is 3.44. The van der Waals surface area contributed by atoms with Gasteiger partial charge < -0.3 is 10.1 Å². The standard InChI is InChI=1S/C15H22N2O3S/c1-3-20-14-8-12(7-13(10-14)17(18)19)16-11-5-6-15(9-11)21-4-2/h7-8,10-11,15-16H,3-6,9H2,1-2H3. The van der Waals surface area contributed by atoms with Gasteiger partial charge in [0.05, 0.1) is 17.6 Å². The van der Waals surface area contributed by atoms with Gasteiger partial charge >= 0.3 is 0 Å². The molecule has 2 rings (SSSR count). The molecule has 1 aromatic carbocycles. The van der Waals surface area contributed by atoms with Crippen molar-refractivity contribution in [2.75, 3.05) is 17.7 Å². The maximum Gasteiger partial charge on any atom is 0.275 e. The van der Waals surface area contributed by atoms with E-state index in [0.29, 0.717) is 23.6 Å². The van der Waals surface area contributed by atoms with E-state index in [1.54, 1.807) is 6.07 Å². The van der Waals surface area contributed by atoms with Gasteiger partial charge in [-0.3, -0.25) is 10.1 Å². The second kappa shape index (κ2) is 7.54.